The van der Waals surface area contributed by atoms with Gasteiger partial charge in [-0.2, -0.15) is 6.42 Å². The van der Waals surface area contributed by atoms with Gasteiger partial charge in [0.25, 0.3) is 0 Å². The summed E-state index contributed by atoms with van der Waals surface area (Å²) in [6.07, 6.45) is 10.6. The minimum Gasteiger partial charge on any atom is -0.425 e. The van der Waals surface area contributed by atoms with Crippen LogP contribution < -0.4 is 51.4 Å². The molecule has 3 heteroatoms. The Morgan fingerprint density at radius 2 is 1.87 bits per heavy atom. The summed E-state index contributed by atoms with van der Waals surface area (Å²) in [5.74, 6) is 0.821. The van der Waals surface area contributed by atoms with Crippen LogP contribution in [0.3, 0.4) is 0 Å². The number of rotatable bonds is 3. The molecule has 0 radical (unpaired) electrons. The second-order valence-electron chi connectivity index (χ2n) is 4.72. The quantitative estimate of drug-likeness (QED) is 0.519. The second-order valence-corrected chi connectivity index (χ2v) is 4.72. The van der Waals surface area contributed by atoms with Crippen LogP contribution >= 0.6 is 0 Å². The van der Waals surface area contributed by atoms with Crippen molar-refractivity contribution in [3.8, 4) is 0 Å². The van der Waals surface area contributed by atoms with Crippen LogP contribution in [0.2, 0.25) is 0 Å². The predicted molar refractivity (Wildman–Crippen MR) is 55.9 cm³/mol. The van der Waals surface area contributed by atoms with Gasteiger partial charge < -0.3 is 9.84 Å². The summed E-state index contributed by atoms with van der Waals surface area (Å²) >= 11 is 0. The van der Waals surface area contributed by atoms with E-state index in [1.54, 1.807) is 0 Å². The van der Waals surface area contributed by atoms with Gasteiger partial charge in [0, 0.05) is 12.7 Å². The van der Waals surface area contributed by atoms with Crippen molar-refractivity contribution in [2.75, 3.05) is 6.61 Å². The Morgan fingerprint density at radius 1 is 1.13 bits per heavy atom. The molecule has 0 heterocycles. The molecular weight excluding hydrogens is 215 g/mol. The summed E-state index contributed by atoms with van der Waals surface area (Å²) in [5.41, 5.74) is 0. The molecule has 15 heavy (non-hydrogen) atoms. The van der Waals surface area contributed by atoms with Crippen molar-refractivity contribution in [1.29, 1.82) is 0 Å². The van der Waals surface area contributed by atoms with Gasteiger partial charge in [-0.15, -0.1) is 0 Å². The Labute approximate surface area is 136 Å². The summed E-state index contributed by atoms with van der Waals surface area (Å²) in [6.45, 7) is 0.953. The van der Waals surface area contributed by atoms with Gasteiger partial charge in [-0.3, -0.25) is 6.42 Å². The average molecular weight is 236 g/mol. The molecule has 0 spiro atoms. The van der Waals surface area contributed by atoms with Crippen molar-refractivity contribution >= 4 is 0 Å². The molecule has 2 rings (SSSR count). The molecule has 0 bridgehead atoms. The maximum absolute atomic E-state index is 9.30. The van der Waals surface area contributed by atoms with E-state index in [1.807, 2.05) is 6.42 Å². The molecule has 0 aliphatic heterocycles. The summed E-state index contributed by atoms with van der Waals surface area (Å²) in [5, 5.41) is 9.30. The molecule has 0 aromatic heterocycles. The van der Waals surface area contributed by atoms with Crippen molar-refractivity contribution in [2.24, 2.45) is 5.92 Å². The molecule has 2 aliphatic carbocycles. The smallest absolute Gasteiger partial charge is 0.425 e. The van der Waals surface area contributed by atoms with Gasteiger partial charge in [0.15, 0.2) is 0 Å². The van der Waals surface area contributed by atoms with Crippen molar-refractivity contribution < 1.29 is 61.2 Å². The summed E-state index contributed by atoms with van der Waals surface area (Å²) in [7, 11) is 0. The number of hydrogen-bond donors (Lipinski definition) is 1. The molecular formula is C12H21KO2. The summed E-state index contributed by atoms with van der Waals surface area (Å²) < 4.78 is 5.87. The Hall–Kier alpha value is 1.56. The van der Waals surface area contributed by atoms with Crippen LogP contribution in [0.25, 0.3) is 0 Å². The molecule has 2 aliphatic rings. The van der Waals surface area contributed by atoms with Crippen LogP contribution in [-0.4, -0.2) is 23.9 Å². The van der Waals surface area contributed by atoms with Crippen molar-refractivity contribution in [3.05, 3.63) is 6.42 Å². The van der Waals surface area contributed by atoms with E-state index < -0.39 is 0 Å². The van der Waals surface area contributed by atoms with Crippen LogP contribution in [0.15, 0.2) is 0 Å². The van der Waals surface area contributed by atoms with Gasteiger partial charge in [-0.1, -0.05) is 25.4 Å². The Bertz CT molecular complexity index is 161. The van der Waals surface area contributed by atoms with E-state index in [4.69, 9.17) is 4.74 Å². The maximum Gasteiger partial charge on any atom is 1.00 e. The first-order valence-electron chi connectivity index (χ1n) is 5.97. The molecule has 0 aromatic carbocycles. The fraction of sp³-hybridized carbons (Fsp3) is 0.917. The molecule has 2 unspecified atom stereocenters. The van der Waals surface area contributed by atoms with Crippen LogP contribution in [0, 0.1) is 12.3 Å². The molecule has 0 saturated heterocycles. The maximum atomic E-state index is 9.30. The summed E-state index contributed by atoms with van der Waals surface area (Å²) in [4.78, 5) is 0. The fourth-order valence-corrected chi connectivity index (χ4v) is 2.50. The van der Waals surface area contributed by atoms with E-state index >= 15 is 0 Å². The Morgan fingerprint density at radius 3 is 2.47 bits per heavy atom. The molecule has 2 atom stereocenters. The molecule has 82 valence electrons. The molecule has 0 aromatic rings. The minimum atomic E-state index is -0.179. The zero-order chi connectivity index (χ0) is 9.80. The van der Waals surface area contributed by atoms with Gasteiger partial charge in [0.2, 0.25) is 0 Å². The van der Waals surface area contributed by atoms with Crippen molar-refractivity contribution in [1.82, 2.24) is 0 Å². The number of aliphatic hydroxyl groups excluding tert-OH is 1. The predicted octanol–water partition coefficient (Wildman–Crippen LogP) is -0.685. The van der Waals surface area contributed by atoms with Crippen molar-refractivity contribution in [3.63, 3.8) is 0 Å². The molecule has 0 amide bonds. The van der Waals surface area contributed by atoms with Gasteiger partial charge in [0.05, 0.1) is 0 Å². The van der Waals surface area contributed by atoms with Gasteiger partial charge >= 0.3 is 51.4 Å². The van der Waals surface area contributed by atoms with E-state index in [0.717, 1.165) is 31.8 Å². The van der Waals surface area contributed by atoms with Gasteiger partial charge in [-0.05, 0) is 25.2 Å². The topological polar surface area (TPSA) is 29.5 Å². The van der Waals surface area contributed by atoms with E-state index in [1.165, 1.54) is 25.7 Å². The first kappa shape index (κ1) is 14.6. The van der Waals surface area contributed by atoms with E-state index in [2.05, 4.69) is 0 Å². The fourth-order valence-electron chi connectivity index (χ4n) is 2.50. The molecule has 2 fully saturated rings. The third-order valence-electron chi connectivity index (χ3n) is 3.50. The molecule has 1 N–H and O–H groups in total. The van der Waals surface area contributed by atoms with E-state index in [9.17, 15) is 5.11 Å². The molecule has 2 nitrogen and oxygen atoms in total. The standard InChI is InChI=1S/C12H21O2.K/c13-11-5-7-12(8-6-11)14-9-10-3-1-2-4-10;/h5,10-13H,1-4,6-9H2;/q-1;+1. The largest absolute Gasteiger partial charge is 1.00 e. The third kappa shape index (κ3) is 5.15. The zero-order valence-corrected chi connectivity index (χ0v) is 12.9. The van der Waals surface area contributed by atoms with Crippen LogP contribution in [0.4, 0.5) is 0 Å². The van der Waals surface area contributed by atoms with Gasteiger partial charge in [-0.25, -0.2) is 0 Å². The monoisotopic (exact) mass is 236 g/mol. The van der Waals surface area contributed by atoms with E-state index in [0.29, 0.717) is 6.10 Å². The Balaban J connectivity index is 0.00000112. The zero-order valence-electron chi connectivity index (χ0n) is 9.82. The van der Waals surface area contributed by atoms with Crippen LogP contribution in [0.5, 0.6) is 0 Å². The van der Waals surface area contributed by atoms with Crippen LogP contribution in [0.1, 0.15) is 44.9 Å². The SMILES string of the molecule is OC1[CH-]CC(OCC2CCCC2)CC1.[K+]. The minimum absolute atomic E-state index is 0. The number of aliphatic hydroxyl groups is 1. The van der Waals surface area contributed by atoms with E-state index in [-0.39, 0.29) is 57.5 Å². The normalized spacial score (nSPS) is 32.6. The molecule has 2 saturated carbocycles. The Kier molecular flexibility index (Phi) is 7.60. The van der Waals surface area contributed by atoms with Crippen molar-refractivity contribution in [2.45, 2.75) is 57.2 Å². The number of hydrogen-bond acceptors (Lipinski definition) is 2. The second kappa shape index (κ2) is 7.80. The average Bonchev–Trinajstić information content (AvgIpc) is 2.70. The first-order valence-corrected chi connectivity index (χ1v) is 5.97. The summed E-state index contributed by atoms with van der Waals surface area (Å²) in [6, 6.07) is 0. The third-order valence-corrected chi connectivity index (χ3v) is 3.50. The van der Waals surface area contributed by atoms with Crippen LogP contribution in [-0.2, 0) is 4.74 Å². The first-order chi connectivity index (χ1) is 6.84. The number of ether oxygens (including phenoxy) is 1. The van der Waals surface area contributed by atoms with Gasteiger partial charge in [0.1, 0.15) is 0 Å².